The molecule has 2 aromatic rings. The fraction of sp³-hybridized carbons (Fsp3) is 0.182. The SMILES string of the molecule is CC=CCSc1nnnn1-c1ccccc1. The Morgan fingerprint density at radius 2 is 2.12 bits per heavy atom. The monoisotopic (exact) mass is 232 g/mol. The molecular weight excluding hydrogens is 220 g/mol. The van der Waals surface area contributed by atoms with Crippen molar-refractivity contribution in [3.05, 3.63) is 42.5 Å². The van der Waals surface area contributed by atoms with Crippen LogP contribution >= 0.6 is 11.8 Å². The second-order valence-corrected chi connectivity index (χ2v) is 4.08. The van der Waals surface area contributed by atoms with Crippen molar-refractivity contribution in [1.29, 1.82) is 0 Å². The number of tetrazole rings is 1. The van der Waals surface area contributed by atoms with Crippen molar-refractivity contribution in [3.8, 4) is 5.69 Å². The third kappa shape index (κ3) is 2.49. The fourth-order valence-electron chi connectivity index (χ4n) is 1.22. The van der Waals surface area contributed by atoms with Gasteiger partial charge in [0.15, 0.2) is 0 Å². The van der Waals surface area contributed by atoms with Crippen molar-refractivity contribution in [2.24, 2.45) is 0 Å². The molecule has 5 heteroatoms. The van der Waals surface area contributed by atoms with Crippen LogP contribution in [0.3, 0.4) is 0 Å². The molecule has 0 saturated carbocycles. The number of nitrogens with zero attached hydrogens (tertiary/aromatic N) is 4. The minimum Gasteiger partial charge on any atom is -0.188 e. The molecule has 0 bridgehead atoms. The normalized spacial score (nSPS) is 11.1. The van der Waals surface area contributed by atoms with Crippen LogP contribution in [0.25, 0.3) is 5.69 Å². The van der Waals surface area contributed by atoms with E-state index in [4.69, 9.17) is 0 Å². The first-order chi connectivity index (χ1) is 7.92. The Bertz CT molecular complexity index is 464. The van der Waals surface area contributed by atoms with E-state index in [0.29, 0.717) is 0 Å². The molecule has 0 spiro atoms. The highest BCUT2D eigenvalue weighted by molar-refractivity contribution is 7.99. The number of para-hydroxylation sites is 1. The van der Waals surface area contributed by atoms with Crippen molar-refractivity contribution < 1.29 is 0 Å². The summed E-state index contributed by atoms with van der Waals surface area (Å²) < 4.78 is 1.74. The van der Waals surface area contributed by atoms with Crippen LogP contribution in [0.4, 0.5) is 0 Å². The van der Waals surface area contributed by atoms with Crippen LogP contribution in [-0.4, -0.2) is 26.0 Å². The van der Waals surface area contributed by atoms with Gasteiger partial charge in [0.2, 0.25) is 5.16 Å². The standard InChI is InChI=1S/C11H12N4S/c1-2-3-9-16-11-12-13-14-15(11)10-7-5-4-6-8-10/h2-8H,9H2,1H3. The highest BCUT2D eigenvalue weighted by atomic mass is 32.2. The maximum absolute atomic E-state index is 4.00. The summed E-state index contributed by atoms with van der Waals surface area (Å²) in [6.45, 7) is 2.00. The predicted octanol–water partition coefficient (Wildman–Crippen LogP) is 2.33. The first kappa shape index (κ1) is 10.9. The van der Waals surface area contributed by atoms with Gasteiger partial charge < -0.3 is 0 Å². The molecule has 82 valence electrons. The summed E-state index contributed by atoms with van der Waals surface area (Å²) in [6.07, 6.45) is 4.10. The van der Waals surface area contributed by atoms with Gasteiger partial charge in [-0.1, -0.05) is 42.1 Å². The van der Waals surface area contributed by atoms with E-state index in [1.165, 1.54) is 0 Å². The zero-order valence-electron chi connectivity index (χ0n) is 8.95. The minimum absolute atomic E-state index is 0.810. The van der Waals surface area contributed by atoms with E-state index < -0.39 is 0 Å². The lowest BCUT2D eigenvalue weighted by atomic mass is 10.3. The van der Waals surface area contributed by atoms with Gasteiger partial charge in [0.05, 0.1) is 5.69 Å². The van der Waals surface area contributed by atoms with E-state index in [1.807, 2.05) is 43.3 Å². The Morgan fingerprint density at radius 3 is 2.88 bits per heavy atom. The Morgan fingerprint density at radius 1 is 1.31 bits per heavy atom. The van der Waals surface area contributed by atoms with Crippen molar-refractivity contribution >= 4 is 11.8 Å². The Balaban J connectivity index is 2.19. The first-order valence-corrected chi connectivity index (χ1v) is 5.98. The summed E-state index contributed by atoms with van der Waals surface area (Å²) in [4.78, 5) is 0. The molecule has 0 aliphatic heterocycles. The number of thioether (sulfide) groups is 1. The third-order valence-corrected chi connectivity index (χ3v) is 2.86. The number of rotatable bonds is 4. The molecule has 0 N–H and O–H groups in total. The molecule has 0 fully saturated rings. The number of allylic oxidation sites excluding steroid dienone is 1. The summed E-state index contributed by atoms with van der Waals surface area (Å²) in [7, 11) is 0. The van der Waals surface area contributed by atoms with Gasteiger partial charge in [-0.2, -0.15) is 4.68 Å². The summed E-state index contributed by atoms with van der Waals surface area (Å²) in [6, 6.07) is 9.88. The number of hydrogen-bond donors (Lipinski definition) is 0. The van der Waals surface area contributed by atoms with Gasteiger partial charge in [0.25, 0.3) is 0 Å². The highest BCUT2D eigenvalue weighted by Gasteiger charge is 2.06. The van der Waals surface area contributed by atoms with E-state index in [0.717, 1.165) is 16.6 Å². The minimum atomic E-state index is 0.810. The van der Waals surface area contributed by atoms with Gasteiger partial charge in [-0.25, -0.2) is 0 Å². The lowest BCUT2D eigenvalue weighted by Gasteiger charge is -2.01. The van der Waals surface area contributed by atoms with Crippen LogP contribution in [-0.2, 0) is 0 Å². The van der Waals surface area contributed by atoms with Crippen LogP contribution in [0.2, 0.25) is 0 Å². The maximum atomic E-state index is 4.00. The number of hydrogen-bond acceptors (Lipinski definition) is 4. The second-order valence-electron chi connectivity index (χ2n) is 3.09. The summed E-state index contributed by atoms with van der Waals surface area (Å²) in [5.74, 6) is 0.879. The molecule has 4 nitrogen and oxygen atoms in total. The molecule has 0 amide bonds. The van der Waals surface area contributed by atoms with Crippen LogP contribution in [0.15, 0.2) is 47.6 Å². The van der Waals surface area contributed by atoms with Gasteiger partial charge in [0, 0.05) is 5.75 Å². The van der Waals surface area contributed by atoms with Crippen LogP contribution < -0.4 is 0 Å². The molecule has 0 aliphatic carbocycles. The van der Waals surface area contributed by atoms with Crippen molar-refractivity contribution in [2.45, 2.75) is 12.1 Å². The lowest BCUT2D eigenvalue weighted by molar-refractivity contribution is 0.757. The van der Waals surface area contributed by atoms with E-state index in [2.05, 4.69) is 21.6 Å². The third-order valence-electron chi connectivity index (χ3n) is 1.99. The second kappa shape index (κ2) is 5.46. The van der Waals surface area contributed by atoms with Crippen LogP contribution in [0, 0.1) is 0 Å². The Labute approximate surface area is 98.4 Å². The van der Waals surface area contributed by atoms with Crippen molar-refractivity contribution in [1.82, 2.24) is 20.2 Å². The maximum Gasteiger partial charge on any atom is 0.214 e. The molecule has 0 aliphatic rings. The molecule has 1 aromatic heterocycles. The average Bonchev–Trinajstić information content (AvgIpc) is 2.79. The Hall–Kier alpha value is -1.62. The molecule has 16 heavy (non-hydrogen) atoms. The topological polar surface area (TPSA) is 43.6 Å². The molecular formula is C11H12N4S. The zero-order valence-corrected chi connectivity index (χ0v) is 9.76. The molecule has 1 aromatic carbocycles. The number of benzene rings is 1. The Kier molecular flexibility index (Phi) is 3.71. The van der Waals surface area contributed by atoms with Gasteiger partial charge in [-0.3, -0.25) is 0 Å². The van der Waals surface area contributed by atoms with Gasteiger partial charge in [-0.05, 0) is 29.5 Å². The molecule has 1 heterocycles. The van der Waals surface area contributed by atoms with E-state index >= 15 is 0 Å². The van der Waals surface area contributed by atoms with Gasteiger partial charge in [0.1, 0.15) is 0 Å². The van der Waals surface area contributed by atoms with E-state index in [-0.39, 0.29) is 0 Å². The highest BCUT2D eigenvalue weighted by Crippen LogP contribution is 2.17. The van der Waals surface area contributed by atoms with Crippen LogP contribution in [0.5, 0.6) is 0 Å². The van der Waals surface area contributed by atoms with Gasteiger partial charge in [-0.15, -0.1) is 5.10 Å². The molecule has 0 atom stereocenters. The quantitative estimate of drug-likeness (QED) is 0.599. The zero-order chi connectivity index (χ0) is 11.2. The molecule has 0 saturated heterocycles. The summed E-state index contributed by atoms with van der Waals surface area (Å²) in [5, 5.41) is 12.5. The smallest absolute Gasteiger partial charge is 0.188 e. The predicted molar refractivity (Wildman–Crippen MR) is 64.7 cm³/mol. The first-order valence-electron chi connectivity index (χ1n) is 4.99. The van der Waals surface area contributed by atoms with Crippen LogP contribution in [0.1, 0.15) is 6.92 Å². The molecule has 0 unspecified atom stereocenters. The number of aromatic nitrogens is 4. The molecule has 2 rings (SSSR count). The van der Waals surface area contributed by atoms with E-state index in [9.17, 15) is 0 Å². The van der Waals surface area contributed by atoms with Gasteiger partial charge >= 0.3 is 0 Å². The van der Waals surface area contributed by atoms with Crippen molar-refractivity contribution in [3.63, 3.8) is 0 Å². The van der Waals surface area contributed by atoms with Crippen molar-refractivity contribution in [2.75, 3.05) is 5.75 Å². The van der Waals surface area contributed by atoms with E-state index in [1.54, 1.807) is 16.4 Å². The largest absolute Gasteiger partial charge is 0.214 e. The summed E-state index contributed by atoms with van der Waals surface area (Å²) in [5.41, 5.74) is 0.982. The summed E-state index contributed by atoms with van der Waals surface area (Å²) >= 11 is 1.61. The lowest BCUT2D eigenvalue weighted by Crippen LogP contribution is -1.98. The molecule has 0 radical (unpaired) electrons. The average molecular weight is 232 g/mol. The fourth-order valence-corrected chi connectivity index (χ4v) is 2.02.